The fourth-order valence-corrected chi connectivity index (χ4v) is 21.9. The van der Waals surface area contributed by atoms with Crippen LogP contribution in [0.3, 0.4) is 0 Å². The SMILES string of the molecule is C.CCCN1CCN2CCCN(CCN(CC)CC2)CC1.CCN1CCN2CCCN(CC1)CCN(CC)CC2.CCN1CCN2CCCN(CC1)CCN(CC)CC2.CCN1CCN2CCCN(CC1)CCN(CCc1ccccc1)CC2.CN1CCN2CCCN(CC1)CCN(Cc1ccccc1)CC2.O=C=O.O=C=O.O=C=O.c1ccc(CN2CCN3CCCN(CC2)CCN(Cc2ccccc2)CC3)cc1. The van der Waals surface area contributed by atoms with Crippen molar-refractivity contribution in [3.05, 3.63) is 144 Å². The summed E-state index contributed by atoms with van der Waals surface area (Å²) < 4.78 is 0. The van der Waals surface area contributed by atoms with Gasteiger partial charge in [-0.1, -0.05) is 177 Å². The van der Waals surface area contributed by atoms with Gasteiger partial charge in [0, 0.05) is 340 Å². The van der Waals surface area contributed by atoms with Crippen molar-refractivity contribution < 1.29 is 28.8 Å². The Morgan fingerprint density at radius 3 is 0.490 bits per heavy atom. The first kappa shape index (κ1) is 126. The van der Waals surface area contributed by atoms with E-state index in [1.807, 2.05) is 0 Å². The first-order valence-electron chi connectivity index (χ1n) is 57.1. The Morgan fingerprint density at radius 2 is 0.324 bits per heavy atom. The Kier molecular flexibility index (Phi) is 69.5. The first-order chi connectivity index (χ1) is 70.7. The second-order valence-corrected chi connectivity index (χ2v) is 41.6. The molecule has 145 heavy (non-hydrogen) atoms. The summed E-state index contributed by atoms with van der Waals surface area (Å²) in [6.07, 6.45) is 11.2. The number of fused-ring (bicyclic) bond motifs is 24. The molecular weight excluding hydrogens is 1810 g/mol. The summed E-state index contributed by atoms with van der Waals surface area (Å²) in [6, 6.07) is 43.8. The molecule has 30 heteroatoms. The summed E-state index contributed by atoms with van der Waals surface area (Å²) in [5, 5.41) is 0. The molecule has 0 N–H and O–H groups in total. The smallest absolute Gasteiger partial charge is 0.304 e. The van der Waals surface area contributed by atoms with Gasteiger partial charge in [-0.15, -0.1) is 0 Å². The van der Waals surface area contributed by atoms with Gasteiger partial charge < -0.3 is 103 Å². The summed E-state index contributed by atoms with van der Waals surface area (Å²) in [6.45, 7) is 103. The maximum atomic E-state index is 8.12. The van der Waals surface area contributed by atoms with Crippen molar-refractivity contribution in [2.75, 3.05) is 452 Å². The molecule has 0 amide bonds. The van der Waals surface area contributed by atoms with Crippen molar-refractivity contribution in [2.45, 2.75) is 127 Å². The van der Waals surface area contributed by atoms with Gasteiger partial charge in [0.15, 0.2) is 0 Å². The third-order valence-electron chi connectivity index (χ3n) is 31.9. The fraction of sp³-hybridized carbons (Fsp3) is 0.765. The highest BCUT2D eigenvalue weighted by molar-refractivity contribution is 5.21. The molecule has 0 aliphatic carbocycles. The van der Waals surface area contributed by atoms with Crippen molar-refractivity contribution in [3.8, 4) is 0 Å². The van der Waals surface area contributed by atoms with E-state index in [0.29, 0.717) is 0 Å². The van der Waals surface area contributed by atoms with E-state index >= 15 is 0 Å². The molecule has 4 aromatic rings. The molecule has 0 saturated carbocycles. The van der Waals surface area contributed by atoms with Gasteiger partial charge in [-0.3, -0.25) is 14.7 Å². The minimum absolute atomic E-state index is 0. The average Bonchev–Trinajstić information content (AvgIpc) is 0.886. The van der Waals surface area contributed by atoms with Crippen LogP contribution in [-0.4, -0.2) is 588 Å². The fourth-order valence-electron chi connectivity index (χ4n) is 21.9. The zero-order valence-electron chi connectivity index (χ0n) is 92.1. The van der Waals surface area contributed by atoms with E-state index in [9.17, 15) is 0 Å². The van der Waals surface area contributed by atoms with Crippen molar-refractivity contribution in [2.24, 2.45) is 0 Å². The monoisotopic (exact) mass is 2020 g/mol. The first-order valence-corrected chi connectivity index (χ1v) is 57.1. The molecule has 12 bridgehead atoms. The average molecular weight is 2020 g/mol. The molecule has 4 aromatic carbocycles. The number of hydrogen-bond donors (Lipinski definition) is 0. The van der Waals surface area contributed by atoms with Crippen molar-refractivity contribution in [1.29, 1.82) is 0 Å². The van der Waals surface area contributed by atoms with Gasteiger partial charge in [-0.25, -0.2) is 0 Å². The number of likely N-dealkylation sites (N-methyl/N-ethyl adjacent to an activating group) is 7. The third kappa shape index (κ3) is 55.8. The highest BCUT2D eigenvalue weighted by Gasteiger charge is 2.27. The van der Waals surface area contributed by atoms with Crippen LogP contribution in [0.2, 0.25) is 0 Å². The van der Waals surface area contributed by atoms with Gasteiger partial charge in [0.25, 0.3) is 0 Å². The van der Waals surface area contributed by atoms with Gasteiger partial charge in [-0.2, -0.15) is 28.8 Å². The molecule has 6 unspecified atom stereocenters. The van der Waals surface area contributed by atoms with E-state index in [4.69, 9.17) is 28.8 Å². The summed E-state index contributed by atoms with van der Waals surface area (Å²) in [4.78, 5) is 113. The van der Waals surface area contributed by atoms with Crippen LogP contribution in [0.25, 0.3) is 0 Å². The van der Waals surface area contributed by atoms with Crippen LogP contribution in [-0.2, 0) is 54.8 Å². The normalized spacial score (nSPS) is 27.3. The van der Waals surface area contributed by atoms with E-state index in [0.717, 1.165) is 19.6 Å². The highest BCUT2D eigenvalue weighted by atomic mass is 16.2. The van der Waals surface area contributed by atoms with E-state index in [1.165, 1.54) is 519 Å². The lowest BCUT2D eigenvalue weighted by Gasteiger charge is -2.36. The lowest BCUT2D eigenvalue weighted by atomic mass is 10.1. The van der Waals surface area contributed by atoms with Gasteiger partial charge >= 0.3 is 18.5 Å². The van der Waals surface area contributed by atoms with Crippen LogP contribution >= 0.6 is 0 Å². The van der Waals surface area contributed by atoms with E-state index in [2.05, 4.69) is 294 Å². The van der Waals surface area contributed by atoms with Crippen LogP contribution in [0.15, 0.2) is 121 Å². The van der Waals surface area contributed by atoms with Crippen molar-refractivity contribution in [3.63, 3.8) is 0 Å². The van der Waals surface area contributed by atoms with Crippen molar-refractivity contribution >= 4 is 18.5 Å². The van der Waals surface area contributed by atoms with Gasteiger partial charge in [0.05, 0.1) is 0 Å². The zero-order valence-corrected chi connectivity index (χ0v) is 92.1. The summed E-state index contributed by atoms with van der Waals surface area (Å²) in [5.74, 6) is 0. The standard InChI is InChI=1S/C25H36N4.C21H36N4.C19H32N4.C16H34N4.2C15H32N4.3CO2.CH4/c1-3-8-24(9-4-1)22-28-18-14-26-12-7-13-27(15-19-28)17-21-29(20-16-26)23-25-10-5-2-6-11-25;1-2-22-13-15-23-10-6-11-24(16-14-22)18-20-25(19-17-23)12-9-21-7-4-3-5-8-21;1-20-10-12-21-8-5-9-22(13-11-20)15-17-23(16-14-21)18-19-6-3-2-4-7-19;1-3-6-18-13-15-19-7-5-8-20(16-14-18)12-10-17(4-2)9-11-19;2*1-3-16-8-12-18-6-5-7-19(13-9-16)15-11-17(4-2)10-14-18;3*2-1-3;/h1-6,8-11H,7,12-23H2;3-5,7-8H,2,6,9-20H2,1H3;2-4,6-7H,5,8-18H2,1H3;3-16H2,1-2H3;2*3-15H2,1-2H3;;;;1H4. The molecule has 12 aliphatic heterocycles. The topological polar surface area (TPSA) is 180 Å². The van der Waals surface area contributed by atoms with Crippen LogP contribution in [0.1, 0.15) is 123 Å². The number of carbonyl (C=O) groups excluding carboxylic acids is 6. The zero-order chi connectivity index (χ0) is 102. The van der Waals surface area contributed by atoms with Crippen LogP contribution in [0, 0.1) is 0 Å². The Bertz CT molecular complexity index is 3560. The van der Waals surface area contributed by atoms with Gasteiger partial charge in [0.2, 0.25) is 0 Å². The predicted octanol–water partition coefficient (Wildman–Crippen LogP) is 7.56. The number of nitrogens with zero attached hydrogens (tertiary/aromatic N) is 24. The molecule has 6 atom stereocenters. The Morgan fingerprint density at radius 1 is 0.179 bits per heavy atom. The van der Waals surface area contributed by atoms with Crippen LogP contribution in [0.5, 0.6) is 0 Å². The van der Waals surface area contributed by atoms with Crippen LogP contribution < -0.4 is 0 Å². The molecule has 12 heterocycles. The summed E-state index contributed by atoms with van der Waals surface area (Å²) in [5.41, 5.74) is 5.77. The molecule has 12 aliphatic rings. The summed E-state index contributed by atoms with van der Waals surface area (Å²) in [7, 11) is 2.27. The molecule has 12 fully saturated rings. The Hall–Kier alpha value is -5.94. The third-order valence-corrected chi connectivity index (χ3v) is 31.9. The summed E-state index contributed by atoms with van der Waals surface area (Å²) >= 11 is 0. The minimum atomic E-state index is 0. The molecular formula is C115H206N24O6. The lowest BCUT2D eigenvalue weighted by molar-refractivity contribution is -0.193. The maximum Gasteiger partial charge on any atom is 0.373 e. The molecule has 16 rings (SSSR count). The number of benzene rings is 4. The van der Waals surface area contributed by atoms with E-state index in [1.54, 1.807) is 0 Å². The van der Waals surface area contributed by atoms with Crippen molar-refractivity contribution in [1.82, 2.24) is 118 Å². The van der Waals surface area contributed by atoms with Gasteiger partial charge in [0.1, 0.15) is 0 Å². The van der Waals surface area contributed by atoms with E-state index in [-0.39, 0.29) is 25.9 Å². The molecule has 0 aromatic heterocycles. The predicted molar refractivity (Wildman–Crippen MR) is 595 cm³/mol. The molecule has 30 nitrogen and oxygen atoms in total. The molecule has 0 radical (unpaired) electrons. The molecule has 0 spiro atoms. The molecule has 12 saturated heterocycles. The maximum absolute atomic E-state index is 8.12. The highest BCUT2D eigenvalue weighted by Crippen LogP contribution is 2.18. The van der Waals surface area contributed by atoms with Gasteiger partial charge in [-0.05, 0) is 205 Å². The van der Waals surface area contributed by atoms with E-state index < -0.39 is 0 Å². The minimum Gasteiger partial charge on any atom is -0.304 e. The largest absolute Gasteiger partial charge is 0.373 e. The van der Waals surface area contributed by atoms with Crippen LogP contribution in [0.4, 0.5) is 0 Å². The lowest BCUT2D eigenvalue weighted by Crippen LogP contribution is -2.48. The Labute approximate surface area is 882 Å². The quantitative estimate of drug-likeness (QED) is 0.101. The number of rotatable bonds is 17. The second kappa shape index (κ2) is 80.0. The second-order valence-electron chi connectivity index (χ2n) is 41.6. The number of hydrogen-bond acceptors (Lipinski definition) is 30. The molecule has 822 valence electrons. The Balaban J connectivity index is 0.000000233.